The summed E-state index contributed by atoms with van der Waals surface area (Å²) in [4.78, 5) is 33.7. The van der Waals surface area contributed by atoms with Gasteiger partial charge in [0.05, 0.1) is 17.6 Å². The second-order valence-electron chi connectivity index (χ2n) is 8.00. The Labute approximate surface area is 209 Å². The molecule has 0 unspecified atom stereocenters. The van der Waals surface area contributed by atoms with Crippen LogP contribution in [0.5, 0.6) is 0 Å². The molecule has 37 heavy (non-hydrogen) atoms. The van der Waals surface area contributed by atoms with Gasteiger partial charge in [-0.25, -0.2) is 32.0 Å². The van der Waals surface area contributed by atoms with Crippen LogP contribution in [-0.2, 0) is 0 Å². The van der Waals surface area contributed by atoms with Crippen LogP contribution in [0.15, 0.2) is 48.7 Å². The summed E-state index contributed by atoms with van der Waals surface area (Å²) in [5.74, 6) is -1.71. The third-order valence-corrected chi connectivity index (χ3v) is 6.70. The Hall–Kier alpha value is -4.39. The topological polar surface area (TPSA) is 115 Å². The Balaban J connectivity index is 1.64. The van der Waals surface area contributed by atoms with Gasteiger partial charge in [0.25, 0.3) is 24.7 Å². The first-order valence-corrected chi connectivity index (χ1v) is 11.5. The molecule has 5 aromatic rings. The van der Waals surface area contributed by atoms with Gasteiger partial charge in [-0.1, -0.05) is 30.3 Å². The number of aromatic nitrogens is 4. The van der Waals surface area contributed by atoms with Crippen molar-refractivity contribution in [2.45, 2.75) is 19.8 Å². The number of nitrogens with two attached hydrogens (primary N) is 1. The average molecular weight is 528 g/mol. The molecule has 1 aromatic carbocycles. The van der Waals surface area contributed by atoms with E-state index in [1.807, 2.05) is 0 Å². The van der Waals surface area contributed by atoms with Gasteiger partial charge in [-0.2, -0.15) is 5.10 Å². The van der Waals surface area contributed by atoms with Crippen LogP contribution in [0.1, 0.15) is 49.8 Å². The monoisotopic (exact) mass is 528 g/mol. The fourth-order valence-electron chi connectivity index (χ4n) is 3.95. The zero-order chi connectivity index (χ0) is 26.4. The summed E-state index contributed by atoms with van der Waals surface area (Å²) in [5, 5.41) is 6.75. The zero-order valence-electron chi connectivity index (χ0n) is 18.9. The lowest BCUT2D eigenvalue weighted by atomic mass is 10.1. The number of halogens is 4. The zero-order valence-corrected chi connectivity index (χ0v) is 19.7. The lowest BCUT2D eigenvalue weighted by molar-refractivity contribution is 0.100. The Morgan fingerprint density at radius 2 is 1.78 bits per heavy atom. The van der Waals surface area contributed by atoms with E-state index >= 15 is 0 Å². The van der Waals surface area contributed by atoms with E-state index in [-0.39, 0.29) is 37.7 Å². The SMILES string of the molecule is Cc1cc(C(F)F)nc2sc(C(N)=O)c(NC(=O)c3cnn4c(C(F)F)cc(-c5ccccc5)nc34)c12. The summed E-state index contributed by atoms with van der Waals surface area (Å²) in [5.41, 5.74) is 5.32. The standard InChI is InChI=1S/C24H16F4N6O2S/c1-10-7-14(19(25)26)32-24-16(10)17(18(37-24)21(29)35)33-23(36)12-9-30-34-15(20(27)28)8-13(31-22(12)34)11-5-3-2-4-6-11/h2-9,19-20H,1H3,(H2,29,35)(H,33,36). The molecule has 2 amide bonds. The molecule has 5 rings (SSSR count). The van der Waals surface area contributed by atoms with Gasteiger partial charge in [-0.15, -0.1) is 11.3 Å². The largest absolute Gasteiger partial charge is 0.365 e. The molecule has 0 bridgehead atoms. The number of carbonyl (C=O) groups excluding carboxylic acids is 2. The highest BCUT2D eigenvalue weighted by Crippen LogP contribution is 2.38. The number of amides is 2. The Kier molecular flexibility index (Phi) is 6.07. The molecule has 0 aliphatic rings. The van der Waals surface area contributed by atoms with Crippen LogP contribution < -0.4 is 11.1 Å². The highest BCUT2D eigenvalue weighted by molar-refractivity contribution is 7.21. The molecule has 188 valence electrons. The van der Waals surface area contributed by atoms with Gasteiger partial charge >= 0.3 is 0 Å². The first-order chi connectivity index (χ1) is 17.7. The van der Waals surface area contributed by atoms with Crippen LogP contribution >= 0.6 is 11.3 Å². The fraction of sp³-hybridized carbons (Fsp3) is 0.125. The highest BCUT2D eigenvalue weighted by Gasteiger charge is 2.26. The van der Waals surface area contributed by atoms with Crippen LogP contribution in [-0.4, -0.2) is 31.4 Å². The number of carbonyl (C=O) groups is 2. The van der Waals surface area contributed by atoms with Gasteiger partial charge in [0.15, 0.2) is 5.65 Å². The van der Waals surface area contributed by atoms with E-state index in [0.29, 0.717) is 11.1 Å². The Morgan fingerprint density at radius 3 is 2.43 bits per heavy atom. The third kappa shape index (κ3) is 4.27. The van der Waals surface area contributed by atoms with Crippen LogP contribution in [0.2, 0.25) is 0 Å². The van der Waals surface area contributed by atoms with Crippen molar-refractivity contribution in [3.63, 3.8) is 0 Å². The smallest absolute Gasteiger partial charge is 0.280 e. The lowest BCUT2D eigenvalue weighted by Gasteiger charge is -2.10. The van der Waals surface area contributed by atoms with Crippen LogP contribution in [0, 0.1) is 6.92 Å². The maximum absolute atomic E-state index is 13.9. The summed E-state index contributed by atoms with van der Waals surface area (Å²) in [6.45, 7) is 1.53. The molecule has 0 atom stereocenters. The number of anilines is 1. The van der Waals surface area contributed by atoms with Crippen molar-refractivity contribution in [2.75, 3.05) is 5.32 Å². The number of rotatable bonds is 6. The molecule has 0 saturated heterocycles. The number of benzene rings is 1. The first kappa shape index (κ1) is 24.3. The van der Waals surface area contributed by atoms with E-state index in [1.54, 1.807) is 30.3 Å². The lowest BCUT2D eigenvalue weighted by Crippen LogP contribution is -2.17. The van der Waals surface area contributed by atoms with E-state index in [0.717, 1.165) is 28.1 Å². The normalized spacial score (nSPS) is 11.6. The molecule has 0 fully saturated rings. The molecule has 0 radical (unpaired) electrons. The molecule has 4 aromatic heterocycles. The van der Waals surface area contributed by atoms with Gasteiger partial charge in [0, 0.05) is 10.9 Å². The second-order valence-corrected chi connectivity index (χ2v) is 9.00. The molecular formula is C24H16F4N6O2S. The quantitative estimate of drug-likeness (QED) is 0.281. The number of nitrogens with one attached hydrogen (secondary N) is 1. The maximum Gasteiger partial charge on any atom is 0.280 e. The summed E-state index contributed by atoms with van der Waals surface area (Å²) in [6, 6.07) is 10.9. The van der Waals surface area contributed by atoms with E-state index in [4.69, 9.17) is 5.73 Å². The number of hydrogen-bond acceptors (Lipinski definition) is 6. The second kappa shape index (κ2) is 9.24. The van der Waals surface area contributed by atoms with Crippen molar-refractivity contribution < 1.29 is 27.2 Å². The van der Waals surface area contributed by atoms with Crippen molar-refractivity contribution in [3.05, 3.63) is 76.1 Å². The molecule has 4 heterocycles. The Bertz CT molecular complexity index is 1680. The number of alkyl halides is 4. The van der Waals surface area contributed by atoms with E-state index in [2.05, 4.69) is 20.4 Å². The number of primary amides is 1. The Morgan fingerprint density at radius 1 is 1.05 bits per heavy atom. The summed E-state index contributed by atoms with van der Waals surface area (Å²) in [7, 11) is 0. The average Bonchev–Trinajstić information content (AvgIpc) is 3.46. The van der Waals surface area contributed by atoms with E-state index < -0.39 is 36.1 Å². The van der Waals surface area contributed by atoms with Crippen LogP contribution in [0.4, 0.5) is 23.2 Å². The van der Waals surface area contributed by atoms with Crippen molar-refractivity contribution >= 4 is 44.7 Å². The minimum Gasteiger partial charge on any atom is -0.365 e. The van der Waals surface area contributed by atoms with Gasteiger partial charge in [0.1, 0.15) is 26.7 Å². The number of hydrogen-bond donors (Lipinski definition) is 2. The van der Waals surface area contributed by atoms with E-state index in [9.17, 15) is 27.2 Å². The minimum atomic E-state index is -2.91. The maximum atomic E-state index is 13.9. The molecule has 8 nitrogen and oxygen atoms in total. The number of nitrogens with zero attached hydrogens (tertiary/aromatic N) is 4. The molecular weight excluding hydrogens is 512 g/mol. The van der Waals surface area contributed by atoms with Gasteiger partial charge < -0.3 is 11.1 Å². The fourth-order valence-corrected chi connectivity index (χ4v) is 5.02. The summed E-state index contributed by atoms with van der Waals surface area (Å²) >= 11 is 0.757. The highest BCUT2D eigenvalue weighted by atomic mass is 32.1. The number of pyridine rings is 1. The molecule has 0 aliphatic carbocycles. The van der Waals surface area contributed by atoms with Crippen molar-refractivity contribution in [3.8, 4) is 11.3 Å². The summed E-state index contributed by atoms with van der Waals surface area (Å²) < 4.78 is 55.1. The van der Waals surface area contributed by atoms with E-state index in [1.165, 1.54) is 13.0 Å². The number of thiophene rings is 1. The molecule has 0 aliphatic heterocycles. The number of fused-ring (bicyclic) bond motifs is 2. The van der Waals surface area contributed by atoms with Crippen LogP contribution in [0.3, 0.4) is 0 Å². The van der Waals surface area contributed by atoms with Crippen molar-refractivity contribution in [1.29, 1.82) is 0 Å². The van der Waals surface area contributed by atoms with Crippen molar-refractivity contribution in [1.82, 2.24) is 19.6 Å². The number of aryl methyl sites for hydroxylation is 1. The minimum absolute atomic E-state index is 0.0176. The molecule has 3 N–H and O–H groups in total. The third-order valence-electron chi connectivity index (χ3n) is 5.60. The van der Waals surface area contributed by atoms with Crippen LogP contribution in [0.25, 0.3) is 27.1 Å². The summed E-state index contributed by atoms with van der Waals surface area (Å²) in [6.07, 6.45) is -4.67. The van der Waals surface area contributed by atoms with Gasteiger partial charge in [-0.3, -0.25) is 9.59 Å². The predicted molar refractivity (Wildman–Crippen MR) is 129 cm³/mol. The van der Waals surface area contributed by atoms with Gasteiger partial charge in [0.2, 0.25) is 0 Å². The van der Waals surface area contributed by atoms with Gasteiger partial charge in [-0.05, 0) is 24.6 Å². The predicted octanol–water partition coefficient (Wildman–Crippen LogP) is 5.54. The molecule has 13 heteroatoms. The first-order valence-electron chi connectivity index (χ1n) is 10.7. The van der Waals surface area contributed by atoms with Crippen molar-refractivity contribution in [2.24, 2.45) is 5.73 Å². The molecule has 0 spiro atoms. The molecule has 0 saturated carbocycles.